The Hall–Kier alpha value is -1.21. The van der Waals surface area contributed by atoms with Crippen molar-refractivity contribution in [2.24, 2.45) is 23.7 Å². The molecule has 6 heteroatoms. The first kappa shape index (κ1) is 15.1. The van der Waals surface area contributed by atoms with Gasteiger partial charge in [0.2, 0.25) is 0 Å². The highest BCUT2D eigenvalue weighted by atomic mass is 32.2. The lowest BCUT2D eigenvalue weighted by Crippen LogP contribution is -2.55. The van der Waals surface area contributed by atoms with Crippen LogP contribution in [0.3, 0.4) is 0 Å². The third-order valence-electron chi connectivity index (χ3n) is 6.13. The fourth-order valence-electron chi connectivity index (χ4n) is 5.41. The number of rotatable bonds is 3. The summed E-state index contributed by atoms with van der Waals surface area (Å²) in [6.07, 6.45) is 1.26. The highest BCUT2D eigenvalue weighted by molar-refractivity contribution is 7.86. The summed E-state index contributed by atoms with van der Waals surface area (Å²) in [5.74, 6) is 0.596. The molecular weight excluding hydrogens is 328 g/mol. The summed E-state index contributed by atoms with van der Waals surface area (Å²) in [7, 11) is -3.51. The molecule has 4 bridgehead atoms. The molecule has 6 rings (SSSR count). The number of benzene rings is 1. The third kappa shape index (κ3) is 2.00. The van der Waals surface area contributed by atoms with E-state index in [1.54, 1.807) is 0 Å². The molecule has 4 aliphatic carbocycles. The molecule has 0 aromatic heterocycles. The van der Waals surface area contributed by atoms with Gasteiger partial charge < -0.3 is 9.47 Å². The Morgan fingerprint density at radius 2 is 1.88 bits per heavy atom. The number of ether oxygens (including phenoxy) is 2. The first-order chi connectivity index (χ1) is 11.4. The van der Waals surface area contributed by atoms with Gasteiger partial charge in [-0.15, -0.1) is 0 Å². The van der Waals surface area contributed by atoms with Gasteiger partial charge in [0, 0.05) is 17.4 Å². The van der Waals surface area contributed by atoms with Crippen LogP contribution in [-0.2, 0) is 23.8 Å². The van der Waals surface area contributed by atoms with Crippen LogP contribution in [0.25, 0.3) is 0 Å². The Morgan fingerprint density at radius 3 is 2.58 bits per heavy atom. The second-order valence-corrected chi connectivity index (χ2v) is 8.99. The zero-order valence-electron chi connectivity index (χ0n) is 13.4. The Balaban J connectivity index is 1.47. The quantitative estimate of drug-likeness (QED) is 0.619. The van der Waals surface area contributed by atoms with Crippen LogP contribution < -0.4 is 0 Å². The Bertz CT molecular complexity index is 789. The molecule has 1 heterocycles. The second-order valence-electron chi connectivity index (χ2n) is 7.39. The number of hydrogen-bond acceptors (Lipinski definition) is 5. The largest absolute Gasteiger partial charge is 0.342 e. The number of hydrogen-bond donors (Lipinski definition) is 0. The van der Waals surface area contributed by atoms with Gasteiger partial charge in [0.25, 0.3) is 10.1 Å². The molecule has 4 saturated carbocycles. The lowest BCUT2D eigenvalue weighted by atomic mass is 9.66. The fourth-order valence-corrected chi connectivity index (χ4v) is 6.07. The van der Waals surface area contributed by atoms with Crippen molar-refractivity contribution >= 4 is 10.1 Å². The van der Waals surface area contributed by atoms with Gasteiger partial charge in [-0.3, -0.25) is 4.18 Å². The summed E-state index contributed by atoms with van der Waals surface area (Å²) in [4.78, 5) is 0. The van der Waals surface area contributed by atoms with Gasteiger partial charge in [-0.25, -0.2) is 0 Å². The maximum Gasteiger partial charge on any atom is 0.264 e. The van der Waals surface area contributed by atoms with Crippen LogP contribution in [0.1, 0.15) is 18.3 Å². The van der Waals surface area contributed by atoms with E-state index >= 15 is 0 Å². The maximum absolute atomic E-state index is 11.7. The molecule has 1 aromatic rings. The van der Waals surface area contributed by atoms with E-state index in [1.807, 2.05) is 30.3 Å². The Morgan fingerprint density at radius 1 is 1.17 bits per heavy atom. The van der Waals surface area contributed by atoms with E-state index in [1.165, 1.54) is 0 Å². The van der Waals surface area contributed by atoms with Crippen LogP contribution in [0.5, 0.6) is 0 Å². The van der Waals surface area contributed by atoms with E-state index in [9.17, 15) is 8.42 Å². The minimum atomic E-state index is -3.51. The van der Waals surface area contributed by atoms with Gasteiger partial charge in [-0.2, -0.15) is 8.42 Å². The summed E-state index contributed by atoms with van der Waals surface area (Å²) in [5, 5.41) is 0. The molecule has 128 valence electrons. The molecule has 5 fully saturated rings. The van der Waals surface area contributed by atoms with Crippen molar-refractivity contribution in [3.63, 3.8) is 0 Å². The molecule has 0 radical (unpaired) electrons. The highest BCUT2D eigenvalue weighted by Crippen LogP contribution is 2.66. The smallest absolute Gasteiger partial charge is 0.264 e. The van der Waals surface area contributed by atoms with Crippen molar-refractivity contribution in [3.05, 3.63) is 48.0 Å². The van der Waals surface area contributed by atoms with Crippen LogP contribution in [-0.4, -0.2) is 33.0 Å². The molecule has 0 N–H and O–H groups in total. The molecule has 0 amide bonds. The molecule has 0 unspecified atom stereocenters. The predicted octanol–water partition coefficient (Wildman–Crippen LogP) is 2.27. The van der Waals surface area contributed by atoms with Crippen LogP contribution in [0.2, 0.25) is 0 Å². The van der Waals surface area contributed by atoms with Crippen molar-refractivity contribution in [1.82, 2.24) is 0 Å². The van der Waals surface area contributed by atoms with Gasteiger partial charge >= 0.3 is 0 Å². The van der Waals surface area contributed by atoms with E-state index < -0.39 is 10.1 Å². The van der Waals surface area contributed by atoms with Crippen LogP contribution in [0.4, 0.5) is 0 Å². The minimum Gasteiger partial charge on any atom is -0.342 e. The summed E-state index contributed by atoms with van der Waals surface area (Å²) in [6, 6.07) is 9.88. The summed E-state index contributed by atoms with van der Waals surface area (Å²) >= 11 is 0. The molecule has 5 nitrogen and oxygen atoms in total. The normalized spacial score (nSPS) is 45.8. The van der Waals surface area contributed by atoms with Gasteiger partial charge in [-0.1, -0.05) is 42.5 Å². The molecule has 24 heavy (non-hydrogen) atoms. The van der Waals surface area contributed by atoms with Crippen molar-refractivity contribution in [2.45, 2.75) is 31.0 Å². The molecule has 0 spiro atoms. The summed E-state index contributed by atoms with van der Waals surface area (Å²) in [6.45, 7) is 4.22. The molecule has 8 atom stereocenters. The van der Waals surface area contributed by atoms with E-state index in [-0.39, 0.29) is 48.3 Å². The van der Waals surface area contributed by atoms with Crippen molar-refractivity contribution < 1.29 is 22.1 Å². The zero-order chi connectivity index (χ0) is 16.6. The summed E-state index contributed by atoms with van der Waals surface area (Å²) in [5.41, 5.74) is 2.12. The molecule has 1 aliphatic heterocycles. The van der Waals surface area contributed by atoms with E-state index in [4.69, 9.17) is 13.7 Å². The van der Waals surface area contributed by atoms with Gasteiger partial charge in [0.05, 0.1) is 24.6 Å². The lowest BCUT2D eigenvalue weighted by molar-refractivity contribution is -0.0981. The van der Waals surface area contributed by atoms with Crippen LogP contribution >= 0.6 is 0 Å². The lowest BCUT2D eigenvalue weighted by Gasteiger charge is -2.46. The molecular formula is C18H20O5S. The first-order valence-corrected chi connectivity index (χ1v) is 10.2. The highest BCUT2D eigenvalue weighted by Gasteiger charge is 2.69. The molecule has 1 saturated heterocycles. The maximum atomic E-state index is 11.7. The van der Waals surface area contributed by atoms with E-state index in [0.717, 1.165) is 23.8 Å². The molecule has 5 aliphatic rings. The third-order valence-corrected chi connectivity index (χ3v) is 6.71. The van der Waals surface area contributed by atoms with Crippen molar-refractivity contribution in [3.8, 4) is 0 Å². The standard InChI is InChI=1S/C18H20O5S/c1-9-11-8-12-13(9)16(23-24(2,19)20)14(11)17-15(12)21-18(22-17)10-6-4-3-5-7-10/h3-7,11-18H,1,8H2,2H3/t11-,12+,13-,14-,15-,16+,17+,18-/m1/s1. The average Bonchev–Trinajstić information content (AvgIpc) is 3.16. The monoisotopic (exact) mass is 348 g/mol. The first-order valence-electron chi connectivity index (χ1n) is 8.37. The minimum absolute atomic E-state index is 0.000108. The predicted molar refractivity (Wildman–Crippen MR) is 86.4 cm³/mol. The van der Waals surface area contributed by atoms with Crippen LogP contribution in [0, 0.1) is 23.7 Å². The fraction of sp³-hybridized carbons (Fsp3) is 0.556. The van der Waals surface area contributed by atoms with E-state index in [0.29, 0.717) is 0 Å². The van der Waals surface area contributed by atoms with Crippen molar-refractivity contribution in [2.75, 3.05) is 6.26 Å². The van der Waals surface area contributed by atoms with E-state index in [2.05, 4.69) is 6.58 Å². The van der Waals surface area contributed by atoms with Gasteiger partial charge in [0.15, 0.2) is 6.29 Å². The SMILES string of the molecule is C=C1[C@@H]2[C@@H]3C[C@H]1[C@@H]([C@@H]1O[C@H](c4ccccc4)O[C@H]31)[C@H]2OS(C)(=O)=O. The average molecular weight is 348 g/mol. The summed E-state index contributed by atoms with van der Waals surface area (Å²) < 4.78 is 41.3. The molecule has 1 aromatic carbocycles. The Labute approximate surface area is 141 Å². The van der Waals surface area contributed by atoms with Crippen LogP contribution in [0.15, 0.2) is 42.5 Å². The van der Waals surface area contributed by atoms with Crippen molar-refractivity contribution in [1.29, 1.82) is 0 Å². The topological polar surface area (TPSA) is 61.8 Å². The second kappa shape index (κ2) is 4.91. The van der Waals surface area contributed by atoms with Gasteiger partial charge in [0.1, 0.15) is 0 Å². The zero-order valence-corrected chi connectivity index (χ0v) is 14.2. The Kier molecular flexibility index (Phi) is 3.09. The van der Waals surface area contributed by atoms with Gasteiger partial charge in [-0.05, 0) is 18.3 Å².